The maximum atomic E-state index is 13.1. The number of nitrogens with zero attached hydrogens (tertiary/aromatic N) is 3. The number of aromatic nitrogens is 2. The molecule has 3 aromatic rings. The average molecular weight is 410 g/mol. The Morgan fingerprint density at radius 3 is 2.41 bits per heavy atom. The first kappa shape index (κ1) is 18.6. The summed E-state index contributed by atoms with van der Waals surface area (Å²) in [5, 5.41) is 14.1. The van der Waals surface area contributed by atoms with Crippen LogP contribution in [-0.2, 0) is 0 Å². The molecule has 0 amide bonds. The Morgan fingerprint density at radius 2 is 1.81 bits per heavy atom. The lowest BCUT2D eigenvalue weighted by Crippen LogP contribution is -2.03. The summed E-state index contributed by atoms with van der Waals surface area (Å²) in [4.78, 5) is 18.5. The second-order valence-corrected chi connectivity index (χ2v) is 5.98. The number of nitro benzene ring substituents is 1. The topological polar surface area (TPSA) is 116 Å². The molecular weight excluding hydrogens is 400 g/mol. The molecule has 0 aliphatic carbocycles. The van der Waals surface area contributed by atoms with E-state index in [4.69, 9.17) is 33.7 Å². The van der Waals surface area contributed by atoms with Crippen LogP contribution < -0.4 is 15.8 Å². The van der Waals surface area contributed by atoms with Gasteiger partial charge in [-0.05, 0) is 24.3 Å². The zero-order valence-corrected chi connectivity index (χ0v) is 14.8. The SMILES string of the molecule is Nc1c([N+](=O)[O-])cc(Nc2ncc(Cl)cn2)c(Oc2ccc(F)cc2)c1Cl. The number of nitrogens with two attached hydrogens (primary N) is 1. The third-order valence-corrected chi connectivity index (χ3v) is 3.90. The Bertz CT molecular complexity index is 1000. The van der Waals surface area contributed by atoms with Crippen LogP contribution in [-0.4, -0.2) is 14.9 Å². The fourth-order valence-corrected chi connectivity index (χ4v) is 2.43. The van der Waals surface area contributed by atoms with E-state index in [2.05, 4.69) is 15.3 Å². The Balaban J connectivity index is 2.08. The highest BCUT2D eigenvalue weighted by Crippen LogP contribution is 2.45. The van der Waals surface area contributed by atoms with Gasteiger partial charge in [0.05, 0.1) is 28.0 Å². The number of nitro groups is 1. The van der Waals surface area contributed by atoms with Gasteiger partial charge < -0.3 is 15.8 Å². The lowest BCUT2D eigenvalue weighted by atomic mass is 10.2. The molecule has 2 aromatic carbocycles. The monoisotopic (exact) mass is 409 g/mol. The lowest BCUT2D eigenvalue weighted by molar-refractivity contribution is -0.383. The molecule has 3 rings (SSSR count). The molecule has 0 aliphatic rings. The maximum Gasteiger partial charge on any atom is 0.296 e. The van der Waals surface area contributed by atoms with E-state index in [1.807, 2.05) is 0 Å². The molecule has 8 nitrogen and oxygen atoms in total. The van der Waals surface area contributed by atoms with Crippen LogP contribution in [0.3, 0.4) is 0 Å². The van der Waals surface area contributed by atoms with Crippen LogP contribution >= 0.6 is 23.2 Å². The standard InChI is InChI=1S/C16H10Cl2FN5O3/c17-8-6-21-16(22-7-8)23-11-5-12(24(25)26)14(20)13(18)15(11)27-10-3-1-9(19)2-4-10/h1-7H,20H2,(H,21,22,23). The van der Waals surface area contributed by atoms with Gasteiger partial charge in [-0.2, -0.15) is 0 Å². The second kappa shape index (κ2) is 7.60. The fraction of sp³-hybridized carbons (Fsp3) is 0. The lowest BCUT2D eigenvalue weighted by Gasteiger charge is -2.15. The summed E-state index contributed by atoms with van der Waals surface area (Å²) in [6, 6.07) is 6.25. The molecule has 0 spiro atoms. The number of hydrogen-bond acceptors (Lipinski definition) is 7. The molecule has 0 radical (unpaired) electrons. The maximum absolute atomic E-state index is 13.1. The Kier molecular flexibility index (Phi) is 5.24. The summed E-state index contributed by atoms with van der Waals surface area (Å²) < 4.78 is 18.8. The van der Waals surface area contributed by atoms with Crippen LogP contribution in [0, 0.1) is 15.9 Å². The minimum Gasteiger partial charge on any atom is -0.454 e. The molecule has 11 heteroatoms. The van der Waals surface area contributed by atoms with Crippen molar-refractivity contribution >= 4 is 46.2 Å². The van der Waals surface area contributed by atoms with Crippen molar-refractivity contribution in [2.45, 2.75) is 0 Å². The highest BCUT2D eigenvalue weighted by molar-refractivity contribution is 6.35. The molecule has 1 aromatic heterocycles. The van der Waals surface area contributed by atoms with Crippen molar-refractivity contribution in [3.63, 3.8) is 0 Å². The molecule has 0 unspecified atom stereocenters. The number of hydrogen-bond donors (Lipinski definition) is 2. The van der Waals surface area contributed by atoms with Crippen LogP contribution in [0.2, 0.25) is 10.0 Å². The third kappa shape index (κ3) is 4.15. The van der Waals surface area contributed by atoms with Gasteiger partial charge in [0.2, 0.25) is 5.95 Å². The van der Waals surface area contributed by atoms with Crippen molar-refractivity contribution in [3.8, 4) is 11.5 Å². The van der Waals surface area contributed by atoms with E-state index in [0.717, 1.165) is 6.07 Å². The number of nitrogen functional groups attached to an aromatic ring is 1. The van der Waals surface area contributed by atoms with Crippen molar-refractivity contribution < 1.29 is 14.1 Å². The summed E-state index contributed by atoms with van der Waals surface area (Å²) in [6.45, 7) is 0. The van der Waals surface area contributed by atoms with Gasteiger partial charge in [0.25, 0.3) is 5.69 Å². The minimum atomic E-state index is -0.684. The molecule has 0 saturated heterocycles. The summed E-state index contributed by atoms with van der Waals surface area (Å²) in [7, 11) is 0. The van der Waals surface area contributed by atoms with Gasteiger partial charge in [-0.25, -0.2) is 14.4 Å². The van der Waals surface area contributed by atoms with E-state index in [0.29, 0.717) is 5.02 Å². The smallest absolute Gasteiger partial charge is 0.296 e. The van der Waals surface area contributed by atoms with Crippen molar-refractivity contribution in [1.29, 1.82) is 0 Å². The van der Waals surface area contributed by atoms with Gasteiger partial charge in [0.1, 0.15) is 22.3 Å². The highest BCUT2D eigenvalue weighted by Gasteiger charge is 2.24. The first-order valence-electron chi connectivity index (χ1n) is 7.29. The molecule has 1 heterocycles. The largest absolute Gasteiger partial charge is 0.454 e. The second-order valence-electron chi connectivity index (χ2n) is 5.16. The van der Waals surface area contributed by atoms with Crippen molar-refractivity contribution in [3.05, 3.63) is 68.7 Å². The van der Waals surface area contributed by atoms with Gasteiger partial charge >= 0.3 is 0 Å². The van der Waals surface area contributed by atoms with E-state index < -0.39 is 16.4 Å². The first-order valence-corrected chi connectivity index (χ1v) is 8.05. The molecule has 3 N–H and O–H groups in total. The highest BCUT2D eigenvalue weighted by atomic mass is 35.5. The third-order valence-electron chi connectivity index (χ3n) is 3.33. The molecule has 0 fully saturated rings. The molecule has 0 aliphatic heterocycles. The first-order chi connectivity index (χ1) is 12.8. The number of nitrogens with one attached hydrogen (secondary N) is 1. The van der Waals surface area contributed by atoms with Crippen molar-refractivity contribution in [1.82, 2.24) is 9.97 Å². The normalized spacial score (nSPS) is 10.5. The summed E-state index contributed by atoms with van der Waals surface area (Å²) in [5.41, 5.74) is 5.14. The quantitative estimate of drug-likeness (QED) is 0.347. The van der Waals surface area contributed by atoms with Crippen LogP contribution in [0.15, 0.2) is 42.7 Å². The number of ether oxygens (including phenoxy) is 1. The van der Waals surface area contributed by atoms with Gasteiger partial charge in [0, 0.05) is 6.07 Å². The number of rotatable bonds is 5. The Hall–Kier alpha value is -3.17. The van der Waals surface area contributed by atoms with E-state index >= 15 is 0 Å². The van der Waals surface area contributed by atoms with Gasteiger partial charge in [-0.3, -0.25) is 10.1 Å². The van der Waals surface area contributed by atoms with Crippen LogP contribution in [0.4, 0.5) is 27.4 Å². The predicted molar refractivity (Wildman–Crippen MR) is 99.3 cm³/mol. The number of anilines is 3. The van der Waals surface area contributed by atoms with Crippen LogP contribution in [0.25, 0.3) is 0 Å². The molecule has 138 valence electrons. The minimum absolute atomic E-state index is 0.00933. The van der Waals surface area contributed by atoms with Crippen LogP contribution in [0.5, 0.6) is 11.5 Å². The zero-order valence-electron chi connectivity index (χ0n) is 13.3. The molecule has 27 heavy (non-hydrogen) atoms. The van der Waals surface area contributed by atoms with Gasteiger partial charge in [-0.15, -0.1) is 0 Å². The van der Waals surface area contributed by atoms with Gasteiger partial charge in [-0.1, -0.05) is 23.2 Å². The van der Waals surface area contributed by atoms with E-state index in [9.17, 15) is 14.5 Å². The van der Waals surface area contributed by atoms with Gasteiger partial charge in [0.15, 0.2) is 5.75 Å². The van der Waals surface area contributed by atoms with Crippen molar-refractivity contribution in [2.24, 2.45) is 0 Å². The average Bonchev–Trinajstić information content (AvgIpc) is 2.64. The van der Waals surface area contributed by atoms with E-state index in [-0.39, 0.29) is 33.8 Å². The van der Waals surface area contributed by atoms with E-state index in [1.54, 1.807) is 0 Å². The molecular formula is C16H10Cl2FN5O3. The predicted octanol–water partition coefficient (Wildman–Crippen LogP) is 4.95. The number of benzene rings is 2. The molecule has 0 bridgehead atoms. The fourth-order valence-electron chi connectivity index (χ4n) is 2.09. The van der Waals surface area contributed by atoms with E-state index in [1.165, 1.54) is 36.7 Å². The summed E-state index contributed by atoms with van der Waals surface area (Å²) >= 11 is 11.9. The Labute approximate surface area is 161 Å². The molecule has 0 atom stereocenters. The summed E-state index contributed by atoms with van der Waals surface area (Å²) in [6.07, 6.45) is 2.68. The van der Waals surface area contributed by atoms with Crippen molar-refractivity contribution in [2.75, 3.05) is 11.1 Å². The number of halogens is 3. The van der Waals surface area contributed by atoms with Crippen LogP contribution in [0.1, 0.15) is 0 Å². The summed E-state index contributed by atoms with van der Waals surface area (Å²) in [5.74, 6) is -0.125. The molecule has 0 saturated carbocycles. The Morgan fingerprint density at radius 1 is 1.19 bits per heavy atom. The zero-order chi connectivity index (χ0) is 19.6.